The Bertz CT molecular complexity index is 603. The third-order valence-electron chi connectivity index (χ3n) is 4.19. The highest BCUT2D eigenvalue weighted by molar-refractivity contribution is 7.11. The number of nitrogens with one attached hydrogen (secondary N) is 2. The van der Waals surface area contributed by atoms with E-state index in [1.165, 1.54) is 4.88 Å². The van der Waals surface area contributed by atoms with Gasteiger partial charge in [-0.1, -0.05) is 6.92 Å². The number of carbonyl (C=O) groups is 2. The van der Waals surface area contributed by atoms with Crippen LogP contribution in [0.25, 0.3) is 0 Å². The molecule has 0 radical (unpaired) electrons. The van der Waals surface area contributed by atoms with Gasteiger partial charge in [-0.25, -0.2) is 4.79 Å². The van der Waals surface area contributed by atoms with Crippen LogP contribution in [0.2, 0.25) is 0 Å². The van der Waals surface area contributed by atoms with Crippen molar-refractivity contribution in [2.75, 3.05) is 13.2 Å². The van der Waals surface area contributed by atoms with E-state index in [1.54, 1.807) is 32.1 Å². The molecule has 26 heavy (non-hydrogen) atoms. The number of carbonyl (C=O) groups excluding carboxylic acids is 2. The van der Waals surface area contributed by atoms with Crippen LogP contribution >= 0.6 is 11.3 Å². The summed E-state index contributed by atoms with van der Waals surface area (Å²) in [6, 6.07) is 3.51. The number of hydrogen-bond donors (Lipinski definition) is 2. The highest BCUT2D eigenvalue weighted by Gasteiger charge is 2.32. The standard InChI is InChI=1S/C19H30N2O4S/c1-5-14-6-7-15(26-14)12-20-17(22)16(13-8-10-24-11-9-13)21-18(23)25-19(2,3)4/h6-7,13,16H,5,8-12H2,1-4H3,(H,20,22)(H,21,23)/t16-/m0/s1. The quantitative estimate of drug-likeness (QED) is 0.792. The normalized spacial score (nSPS) is 16.8. The minimum Gasteiger partial charge on any atom is -0.444 e. The Hall–Kier alpha value is -1.60. The summed E-state index contributed by atoms with van der Waals surface area (Å²) in [6.07, 6.45) is 1.91. The fourth-order valence-electron chi connectivity index (χ4n) is 2.87. The van der Waals surface area contributed by atoms with Crippen molar-refractivity contribution in [2.24, 2.45) is 5.92 Å². The second kappa shape index (κ2) is 9.37. The van der Waals surface area contributed by atoms with Gasteiger partial charge in [0.1, 0.15) is 11.6 Å². The molecule has 2 heterocycles. The van der Waals surface area contributed by atoms with Crippen LogP contribution in [0.1, 0.15) is 50.3 Å². The predicted molar refractivity (Wildman–Crippen MR) is 102 cm³/mol. The molecule has 2 rings (SSSR count). The van der Waals surface area contributed by atoms with Gasteiger partial charge in [0.25, 0.3) is 0 Å². The molecule has 0 saturated carbocycles. The SMILES string of the molecule is CCc1ccc(CNC(=O)[C@@H](NC(=O)OC(C)(C)C)C2CCOCC2)s1. The van der Waals surface area contributed by atoms with Crippen molar-refractivity contribution in [2.45, 2.75) is 65.1 Å². The molecule has 0 aliphatic carbocycles. The van der Waals surface area contributed by atoms with E-state index in [2.05, 4.69) is 23.6 Å². The summed E-state index contributed by atoms with van der Waals surface area (Å²) in [5.41, 5.74) is -0.603. The molecule has 1 aliphatic rings. The molecule has 1 aromatic heterocycles. The molecular formula is C19H30N2O4S. The zero-order valence-corrected chi connectivity index (χ0v) is 16.9. The maximum absolute atomic E-state index is 12.8. The average molecular weight is 383 g/mol. The monoisotopic (exact) mass is 382 g/mol. The molecule has 0 aromatic carbocycles. The molecule has 0 unspecified atom stereocenters. The van der Waals surface area contributed by atoms with Crippen molar-refractivity contribution in [3.05, 3.63) is 21.9 Å². The number of amides is 2. The van der Waals surface area contributed by atoms with E-state index in [1.807, 2.05) is 6.07 Å². The Morgan fingerprint density at radius 2 is 1.92 bits per heavy atom. The highest BCUT2D eigenvalue weighted by Crippen LogP contribution is 2.21. The van der Waals surface area contributed by atoms with Crippen LogP contribution in [0.5, 0.6) is 0 Å². The molecule has 6 nitrogen and oxygen atoms in total. The number of ether oxygens (including phenoxy) is 2. The first-order valence-corrected chi connectivity index (χ1v) is 10.0. The summed E-state index contributed by atoms with van der Waals surface area (Å²) in [5.74, 6) is -0.125. The van der Waals surface area contributed by atoms with Gasteiger partial charge < -0.3 is 20.1 Å². The van der Waals surface area contributed by atoms with Crippen LogP contribution < -0.4 is 10.6 Å². The molecule has 1 aromatic rings. The van der Waals surface area contributed by atoms with Crippen molar-refractivity contribution in [3.63, 3.8) is 0 Å². The summed E-state index contributed by atoms with van der Waals surface area (Å²) >= 11 is 1.70. The summed E-state index contributed by atoms with van der Waals surface area (Å²) in [6.45, 7) is 9.21. The van der Waals surface area contributed by atoms with Crippen LogP contribution in [0, 0.1) is 5.92 Å². The van der Waals surface area contributed by atoms with E-state index < -0.39 is 17.7 Å². The van der Waals surface area contributed by atoms with Gasteiger partial charge in [-0.15, -0.1) is 11.3 Å². The molecule has 146 valence electrons. The lowest BCUT2D eigenvalue weighted by Gasteiger charge is -2.31. The van der Waals surface area contributed by atoms with Crippen LogP contribution in [-0.4, -0.2) is 36.9 Å². The number of alkyl carbamates (subject to hydrolysis) is 1. The Morgan fingerprint density at radius 1 is 1.27 bits per heavy atom. The predicted octanol–water partition coefficient (Wildman–Crippen LogP) is 3.25. The topological polar surface area (TPSA) is 76.7 Å². The minimum atomic E-state index is -0.612. The first-order chi connectivity index (χ1) is 12.3. The summed E-state index contributed by atoms with van der Waals surface area (Å²) in [5, 5.41) is 5.73. The first kappa shape index (κ1) is 20.7. The zero-order chi connectivity index (χ0) is 19.2. The Kier molecular flexibility index (Phi) is 7.46. The van der Waals surface area contributed by atoms with Crippen LogP contribution in [-0.2, 0) is 27.2 Å². The molecule has 1 atom stereocenters. The molecule has 1 fully saturated rings. The van der Waals surface area contributed by atoms with E-state index in [0.29, 0.717) is 19.8 Å². The minimum absolute atomic E-state index is 0.0470. The van der Waals surface area contributed by atoms with Crippen molar-refractivity contribution < 1.29 is 19.1 Å². The zero-order valence-electron chi connectivity index (χ0n) is 16.1. The molecule has 2 N–H and O–H groups in total. The first-order valence-electron chi connectivity index (χ1n) is 9.21. The van der Waals surface area contributed by atoms with Gasteiger partial charge in [0.05, 0.1) is 6.54 Å². The third-order valence-corrected chi connectivity index (χ3v) is 5.42. The molecule has 0 spiro atoms. The number of aryl methyl sites for hydroxylation is 1. The van der Waals surface area contributed by atoms with Crippen molar-refractivity contribution in [1.82, 2.24) is 10.6 Å². The molecular weight excluding hydrogens is 352 g/mol. The highest BCUT2D eigenvalue weighted by atomic mass is 32.1. The van der Waals surface area contributed by atoms with Gasteiger partial charge in [-0.2, -0.15) is 0 Å². The number of rotatable bonds is 6. The smallest absolute Gasteiger partial charge is 0.408 e. The van der Waals surface area contributed by atoms with Gasteiger partial charge in [-0.05, 0) is 58.1 Å². The van der Waals surface area contributed by atoms with E-state index >= 15 is 0 Å². The summed E-state index contributed by atoms with van der Waals surface area (Å²) in [4.78, 5) is 27.4. The van der Waals surface area contributed by atoms with Crippen LogP contribution in [0.15, 0.2) is 12.1 Å². The molecule has 7 heteroatoms. The van der Waals surface area contributed by atoms with E-state index in [4.69, 9.17) is 9.47 Å². The average Bonchev–Trinajstić information content (AvgIpc) is 3.05. The van der Waals surface area contributed by atoms with Gasteiger partial charge in [0.2, 0.25) is 5.91 Å². The molecule has 0 bridgehead atoms. The van der Waals surface area contributed by atoms with Gasteiger partial charge >= 0.3 is 6.09 Å². The maximum Gasteiger partial charge on any atom is 0.408 e. The Balaban J connectivity index is 1.99. The molecule has 2 amide bonds. The van der Waals surface area contributed by atoms with Gasteiger partial charge in [-0.3, -0.25) is 4.79 Å². The van der Waals surface area contributed by atoms with Crippen LogP contribution in [0.3, 0.4) is 0 Å². The number of hydrogen-bond acceptors (Lipinski definition) is 5. The lowest BCUT2D eigenvalue weighted by Crippen LogP contribution is -2.52. The summed E-state index contributed by atoms with van der Waals surface area (Å²) in [7, 11) is 0. The fraction of sp³-hybridized carbons (Fsp3) is 0.684. The van der Waals surface area contributed by atoms with E-state index in [-0.39, 0.29) is 11.8 Å². The second-order valence-corrected chi connectivity index (χ2v) is 8.77. The van der Waals surface area contributed by atoms with Crippen LogP contribution in [0.4, 0.5) is 4.79 Å². The van der Waals surface area contributed by atoms with E-state index in [9.17, 15) is 9.59 Å². The van der Waals surface area contributed by atoms with E-state index in [0.717, 1.165) is 24.1 Å². The second-order valence-electron chi connectivity index (χ2n) is 7.51. The molecule has 1 aliphatic heterocycles. The third kappa shape index (κ3) is 6.61. The lowest BCUT2D eigenvalue weighted by atomic mass is 9.91. The van der Waals surface area contributed by atoms with Crippen molar-refractivity contribution in [3.8, 4) is 0 Å². The molecule has 1 saturated heterocycles. The Labute approximate surface area is 159 Å². The fourth-order valence-corrected chi connectivity index (χ4v) is 3.77. The largest absolute Gasteiger partial charge is 0.444 e. The Morgan fingerprint density at radius 3 is 2.50 bits per heavy atom. The van der Waals surface area contributed by atoms with Gasteiger partial charge in [0, 0.05) is 23.0 Å². The number of thiophene rings is 1. The lowest BCUT2D eigenvalue weighted by molar-refractivity contribution is -0.125. The van der Waals surface area contributed by atoms with Gasteiger partial charge in [0.15, 0.2) is 0 Å². The van der Waals surface area contributed by atoms with Crippen molar-refractivity contribution in [1.29, 1.82) is 0 Å². The maximum atomic E-state index is 12.8. The summed E-state index contributed by atoms with van der Waals surface area (Å²) < 4.78 is 10.7. The van der Waals surface area contributed by atoms with Crippen molar-refractivity contribution >= 4 is 23.3 Å².